The molecule has 1 aliphatic heterocycles. The molecule has 1 saturated heterocycles. The molecule has 0 aromatic heterocycles. The third kappa shape index (κ3) is 3.63. The van der Waals surface area contributed by atoms with E-state index in [0.29, 0.717) is 18.7 Å². The van der Waals surface area contributed by atoms with Crippen LogP contribution in [0.15, 0.2) is 29.5 Å². The zero-order valence-electron chi connectivity index (χ0n) is 13.9. The molecule has 0 spiro atoms. The molecule has 0 aliphatic carbocycles. The first-order valence-electron chi connectivity index (χ1n) is 7.55. The summed E-state index contributed by atoms with van der Waals surface area (Å²) in [6.45, 7) is 3.85. The van der Waals surface area contributed by atoms with E-state index in [1.165, 1.54) is 25.2 Å². The minimum Gasteiger partial charge on any atom is -0.277 e. The predicted octanol–water partition coefficient (Wildman–Crippen LogP) is 3.12. The van der Waals surface area contributed by atoms with Gasteiger partial charge >= 0.3 is 6.03 Å². The maximum atomic E-state index is 12.9. The lowest BCUT2D eigenvalue weighted by Gasteiger charge is -2.32. The minimum atomic E-state index is -0.774. The van der Waals surface area contributed by atoms with Gasteiger partial charge < -0.3 is 0 Å². The van der Waals surface area contributed by atoms with Crippen LogP contribution in [0, 0.1) is 0 Å². The van der Waals surface area contributed by atoms with Gasteiger partial charge in [0.05, 0.1) is 28.0 Å². The highest BCUT2D eigenvalue weighted by atomic mass is 35.5. The summed E-state index contributed by atoms with van der Waals surface area (Å²) in [5, 5.41) is 0.475. The van der Waals surface area contributed by atoms with Gasteiger partial charge in [-0.05, 0) is 31.5 Å². The number of carbonyl (C=O) groups is 3. The molecule has 1 aromatic rings. The van der Waals surface area contributed by atoms with E-state index < -0.39 is 17.8 Å². The Bertz CT molecular complexity index is 764. The van der Waals surface area contributed by atoms with E-state index in [1.54, 1.807) is 13.8 Å². The number of rotatable bonds is 5. The molecule has 25 heavy (non-hydrogen) atoms. The third-order valence-corrected chi connectivity index (χ3v) is 4.31. The summed E-state index contributed by atoms with van der Waals surface area (Å²) < 4.78 is 0. The molecule has 2 rings (SSSR count). The average Bonchev–Trinajstić information content (AvgIpc) is 2.59. The van der Waals surface area contributed by atoms with Crippen molar-refractivity contribution < 1.29 is 19.2 Å². The zero-order valence-corrected chi connectivity index (χ0v) is 15.4. The van der Waals surface area contributed by atoms with Gasteiger partial charge in [0.25, 0.3) is 11.8 Å². The number of anilines is 1. The molecule has 4 amide bonds. The Morgan fingerprint density at radius 1 is 1.12 bits per heavy atom. The lowest BCUT2D eigenvalue weighted by atomic mass is 10.1. The van der Waals surface area contributed by atoms with E-state index in [-0.39, 0.29) is 21.3 Å². The number of carbonyl (C=O) groups excluding carboxylic acids is 3. The van der Waals surface area contributed by atoms with Crippen molar-refractivity contribution in [2.24, 2.45) is 0 Å². The Hall–Kier alpha value is -2.09. The molecule has 1 fully saturated rings. The number of benzene rings is 1. The van der Waals surface area contributed by atoms with Crippen LogP contribution in [0.25, 0.3) is 0 Å². The van der Waals surface area contributed by atoms with Crippen molar-refractivity contribution in [3.63, 3.8) is 0 Å². The van der Waals surface area contributed by atoms with Crippen LogP contribution >= 0.6 is 23.2 Å². The molecule has 9 heteroatoms. The van der Waals surface area contributed by atoms with Crippen molar-refractivity contribution in [1.29, 1.82) is 0 Å². The monoisotopic (exact) mass is 385 g/mol. The number of urea groups is 1. The molecule has 1 aromatic carbocycles. The van der Waals surface area contributed by atoms with Gasteiger partial charge in [-0.2, -0.15) is 0 Å². The Morgan fingerprint density at radius 3 is 2.36 bits per heavy atom. The summed E-state index contributed by atoms with van der Waals surface area (Å²) >= 11 is 11.9. The molecule has 1 aliphatic rings. The molecule has 0 saturated carbocycles. The normalized spacial score (nSPS) is 17.2. The summed E-state index contributed by atoms with van der Waals surface area (Å²) in [7, 11) is 1.30. The van der Waals surface area contributed by atoms with Gasteiger partial charge in [-0.25, -0.2) is 9.69 Å². The number of hydrogen-bond donors (Lipinski definition) is 1. The fourth-order valence-electron chi connectivity index (χ4n) is 2.26. The topological polar surface area (TPSA) is 79.0 Å². The summed E-state index contributed by atoms with van der Waals surface area (Å²) in [6.07, 6.45) is 0.337. The maximum absolute atomic E-state index is 12.9. The number of imide groups is 2. The van der Waals surface area contributed by atoms with Crippen LogP contribution in [-0.2, 0) is 14.4 Å². The Morgan fingerprint density at radius 2 is 1.80 bits per heavy atom. The highest BCUT2D eigenvalue weighted by Crippen LogP contribution is 2.31. The van der Waals surface area contributed by atoms with Crippen LogP contribution in [-0.4, -0.2) is 36.4 Å². The molecule has 7 nitrogen and oxygen atoms in total. The molecule has 0 atom stereocenters. The van der Waals surface area contributed by atoms with Crippen molar-refractivity contribution in [2.45, 2.75) is 20.3 Å². The molecular weight excluding hydrogens is 369 g/mol. The van der Waals surface area contributed by atoms with E-state index >= 15 is 0 Å². The fourth-order valence-corrected chi connectivity index (χ4v) is 2.56. The van der Waals surface area contributed by atoms with E-state index in [0.717, 1.165) is 9.80 Å². The summed E-state index contributed by atoms with van der Waals surface area (Å²) in [4.78, 5) is 44.7. The first-order valence-corrected chi connectivity index (χ1v) is 8.31. The maximum Gasteiger partial charge on any atom is 0.338 e. The largest absolute Gasteiger partial charge is 0.338 e. The number of amides is 4. The number of hydrogen-bond acceptors (Lipinski definition) is 5. The number of barbiturate groups is 1. The van der Waals surface area contributed by atoms with Crippen molar-refractivity contribution >= 4 is 46.7 Å². The Kier molecular flexibility index (Phi) is 6.05. The second-order valence-corrected chi connectivity index (χ2v) is 5.94. The van der Waals surface area contributed by atoms with Crippen molar-refractivity contribution in [2.75, 3.05) is 18.6 Å². The van der Waals surface area contributed by atoms with E-state index in [4.69, 9.17) is 28.0 Å². The quantitative estimate of drug-likeness (QED) is 0.478. The fraction of sp³-hybridized carbons (Fsp3) is 0.312. The smallest absolute Gasteiger partial charge is 0.277 e. The molecule has 1 heterocycles. The van der Waals surface area contributed by atoms with Crippen LogP contribution in [0.3, 0.4) is 0 Å². The van der Waals surface area contributed by atoms with Gasteiger partial charge in [0, 0.05) is 7.05 Å². The van der Waals surface area contributed by atoms with Crippen molar-refractivity contribution in [1.82, 2.24) is 10.4 Å². The van der Waals surface area contributed by atoms with Gasteiger partial charge in [0.15, 0.2) is 0 Å². The summed E-state index contributed by atoms with van der Waals surface area (Å²) in [5.41, 5.74) is 2.95. The van der Waals surface area contributed by atoms with Crippen LogP contribution in [0.4, 0.5) is 10.5 Å². The lowest BCUT2D eigenvalue weighted by Crippen LogP contribution is -2.56. The second kappa shape index (κ2) is 7.86. The van der Waals surface area contributed by atoms with Gasteiger partial charge in [-0.1, -0.05) is 30.1 Å². The number of halogens is 2. The van der Waals surface area contributed by atoms with Crippen LogP contribution < -0.4 is 10.4 Å². The lowest BCUT2D eigenvalue weighted by molar-refractivity contribution is -0.128. The number of nitrogens with one attached hydrogen (secondary N) is 1. The van der Waals surface area contributed by atoms with E-state index in [9.17, 15) is 14.4 Å². The molecule has 0 radical (unpaired) electrons. The minimum absolute atomic E-state index is 0.163. The van der Waals surface area contributed by atoms with Gasteiger partial charge in [0.2, 0.25) is 0 Å². The number of likely N-dealkylation sites (N-methyl/N-ethyl adjacent to an activating group) is 1. The Balaban J connectivity index is 2.55. The molecule has 0 unspecified atom stereocenters. The summed E-state index contributed by atoms with van der Waals surface area (Å²) in [6, 6.07) is 3.57. The van der Waals surface area contributed by atoms with Gasteiger partial charge in [-0.15, -0.1) is 0 Å². The third-order valence-electron chi connectivity index (χ3n) is 3.57. The second-order valence-electron chi connectivity index (χ2n) is 5.13. The molecule has 134 valence electrons. The number of hydroxylamine groups is 1. The standard InChI is InChI=1S/C16H17Cl2N3O4/c1-4-12(19-25-5-2)13-14(22)20(3)16(24)21(15(13)23)9-6-7-10(17)11(18)8-9/h6-8,19H,4-5H2,1-3H3. The van der Waals surface area contributed by atoms with Crippen LogP contribution in [0.5, 0.6) is 0 Å². The van der Waals surface area contributed by atoms with Gasteiger partial charge in [0.1, 0.15) is 5.57 Å². The SMILES string of the molecule is CCONC(CC)=C1C(=O)N(C)C(=O)N(c2ccc(Cl)c(Cl)c2)C1=O. The highest BCUT2D eigenvalue weighted by molar-refractivity contribution is 6.43. The molecular formula is C16H17Cl2N3O4. The van der Waals surface area contributed by atoms with E-state index in [2.05, 4.69) is 5.48 Å². The number of nitrogens with zero attached hydrogens (tertiary/aromatic N) is 2. The van der Waals surface area contributed by atoms with Crippen molar-refractivity contribution in [3.8, 4) is 0 Å². The molecule has 0 bridgehead atoms. The zero-order chi connectivity index (χ0) is 18.7. The van der Waals surface area contributed by atoms with Gasteiger partial charge in [-0.3, -0.25) is 24.8 Å². The predicted molar refractivity (Wildman–Crippen MR) is 94.2 cm³/mol. The summed E-state index contributed by atoms with van der Waals surface area (Å²) in [5.74, 6) is -1.45. The van der Waals surface area contributed by atoms with Crippen LogP contribution in [0.1, 0.15) is 20.3 Å². The Labute approximate surface area is 155 Å². The first kappa shape index (κ1) is 19.2. The average molecular weight is 386 g/mol. The molecule has 1 N–H and O–H groups in total. The van der Waals surface area contributed by atoms with E-state index in [1.807, 2.05) is 0 Å². The number of allylic oxidation sites excluding steroid dienone is 1. The van der Waals surface area contributed by atoms with Crippen molar-refractivity contribution in [3.05, 3.63) is 39.5 Å². The van der Waals surface area contributed by atoms with Crippen LogP contribution in [0.2, 0.25) is 10.0 Å². The highest BCUT2D eigenvalue weighted by Gasteiger charge is 2.42. The first-order chi connectivity index (χ1) is 11.8.